The lowest BCUT2D eigenvalue weighted by molar-refractivity contribution is 0.349. The van der Waals surface area contributed by atoms with E-state index in [-0.39, 0.29) is 28.5 Å². The lowest BCUT2D eigenvalue weighted by Gasteiger charge is -2.20. The molecule has 7 nitrogen and oxygen atoms in total. The summed E-state index contributed by atoms with van der Waals surface area (Å²) in [5.74, 6) is 0. The van der Waals surface area contributed by atoms with E-state index in [1.165, 1.54) is 6.08 Å². The topological polar surface area (TPSA) is 87.5 Å². The smallest absolute Gasteiger partial charge is 0.302 e. The molecule has 0 saturated heterocycles. The van der Waals surface area contributed by atoms with Crippen LogP contribution in [-0.4, -0.2) is 28.8 Å². The summed E-state index contributed by atoms with van der Waals surface area (Å²) < 4.78 is 29.0. The number of H-pyrrole nitrogens is 1. The average molecular weight is 311 g/mol. The Morgan fingerprint density at radius 2 is 2.22 bits per heavy atom. The van der Waals surface area contributed by atoms with Gasteiger partial charge in [-0.2, -0.15) is 12.7 Å². The molecular formula is C8H8Cl2N4O3S. The van der Waals surface area contributed by atoms with Crippen molar-refractivity contribution in [1.29, 1.82) is 0 Å². The molecule has 1 aromatic heterocycles. The van der Waals surface area contributed by atoms with Crippen LogP contribution in [0.1, 0.15) is 0 Å². The van der Waals surface area contributed by atoms with Gasteiger partial charge in [-0.25, -0.2) is 4.79 Å². The van der Waals surface area contributed by atoms with E-state index in [1.54, 1.807) is 0 Å². The first-order chi connectivity index (χ1) is 8.36. The predicted molar refractivity (Wildman–Crippen MR) is 66.8 cm³/mol. The average Bonchev–Trinajstić information content (AvgIpc) is 2.56. The number of aromatic amines is 1. The molecule has 0 atom stereocenters. The molecule has 1 N–H and O–H groups in total. The number of nitrogens with zero attached hydrogens (tertiary/aromatic N) is 3. The lowest BCUT2D eigenvalue weighted by atomic mass is 10.6. The number of hydrogen-bond acceptors (Lipinski definition) is 3. The van der Waals surface area contributed by atoms with Crippen LogP contribution in [0.3, 0.4) is 0 Å². The number of nitrogens with one attached hydrogen (secondary N) is 1. The summed E-state index contributed by atoms with van der Waals surface area (Å²) in [7, 11) is -3.87. The minimum Gasteiger partial charge on any atom is -0.302 e. The van der Waals surface area contributed by atoms with Gasteiger partial charge in [-0.1, -0.05) is 29.3 Å². The van der Waals surface area contributed by atoms with E-state index in [4.69, 9.17) is 23.2 Å². The second kappa shape index (κ2) is 4.54. The van der Waals surface area contributed by atoms with E-state index in [0.717, 1.165) is 8.87 Å². The summed E-state index contributed by atoms with van der Waals surface area (Å²) in [6, 6.07) is 0. The fourth-order valence-corrected chi connectivity index (χ4v) is 2.86. The van der Waals surface area contributed by atoms with Gasteiger partial charge >= 0.3 is 15.9 Å². The van der Waals surface area contributed by atoms with Gasteiger partial charge in [0.15, 0.2) is 5.49 Å². The fourth-order valence-electron chi connectivity index (χ4n) is 1.51. The van der Waals surface area contributed by atoms with E-state index in [2.05, 4.69) is 16.0 Å². The van der Waals surface area contributed by atoms with Gasteiger partial charge in [-0.05, 0) is 0 Å². The minimum atomic E-state index is -3.87. The Hall–Kier alpha value is -1.09. The van der Waals surface area contributed by atoms with Crippen molar-refractivity contribution >= 4 is 37.9 Å². The van der Waals surface area contributed by atoms with Gasteiger partial charge in [0, 0.05) is 6.54 Å². The normalized spacial score (nSPS) is 17.9. The highest BCUT2D eigenvalue weighted by Crippen LogP contribution is 2.07. The molecular weight excluding hydrogens is 303 g/mol. The Bertz CT molecular complexity index is 772. The van der Waals surface area contributed by atoms with Crippen LogP contribution in [0.5, 0.6) is 0 Å². The molecule has 18 heavy (non-hydrogen) atoms. The Labute approximate surface area is 112 Å². The first-order valence-corrected chi connectivity index (χ1v) is 6.87. The zero-order valence-corrected chi connectivity index (χ0v) is 11.3. The maximum atomic E-state index is 11.8. The largest absolute Gasteiger partial charge is 0.328 e. The molecule has 0 amide bonds. The number of aromatic nitrogens is 2. The molecule has 98 valence electrons. The quantitative estimate of drug-likeness (QED) is 0.714. The Balaban J connectivity index is 2.82. The zero-order valence-electron chi connectivity index (χ0n) is 8.93. The minimum absolute atomic E-state index is 0.00911. The van der Waals surface area contributed by atoms with Crippen molar-refractivity contribution in [3.63, 3.8) is 0 Å². The highest BCUT2D eigenvalue weighted by atomic mass is 35.5. The number of hydrogen-bond donors (Lipinski definition) is 1. The van der Waals surface area contributed by atoms with Crippen molar-refractivity contribution in [2.24, 2.45) is 4.40 Å². The summed E-state index contributed by atoms with van der Waals surface area (Å²) in [6.45, 7) is 3.33. The van der Waals surface area contributed by atoms with Crippen molar-refractivity contribution < 1.29 is 8.42 Å². The van der Waals surface area contributed by atoms with Crippen molar-refractivity contribution in [2.45, 2.75) is 6.67 Å². The van der Waals surface area contributed by atoms with Gasteiger partial charge in [-0.15, -0.1) is 11.0 Å². The van der Waals surface area contributed by atoms with Crippen LogP contribution in [0, 0.1) is 0 Å². The van der Waals surface area contributed by atoms with Crippen molar-refractivity contribution in [3.05, 3.63) is 34.0 Å². The van der Waals surface area contributed by atoms with Crippen molar-refractivity contribution in [1.82, 2.24) is 13.9 Å². The third-order valence-electron chi connectivity index (χ3n) is 2.31. The van der Waals surface area contributed by atoms with Crippen LogP contribution in [0.25, 0.3) is 4.49 Å². The second-order valence-electron chi connectivity index (χ2n) is 3.45. The van der Waals surface area contributed by atoms with Crippen LogP contribution in [-0.2, 0) is 16.9 Å². The third-order valence-corrected chi connectivity index (χ3v) is 4.00. The van der Waals surface area contributed by atoms with Gasteiger partial charge < -0.3 is 4.98 Å². The summed E-state index contributed by atoms with van der Waals surface area (Å²) in [4.78, 5) is 14.0. The maximum Gasteiger partial charge on any atom is 0.328 e. The standard InChI is InChI=1S/C8H8Cl2N4O3S/c1-2-3-13-4-14-7(12-18(13,16)17)5(6(9)10)11-8(14)15/h2H,1,3-4H2,(H,11,15). The SMILES string of the molecule is C=CCN1Cn2c(=O)[nH]c(=C(Cl)Cl)c2=NS1(=O)=O. The monoisotopic (exact) mass is 310 g/mol. The highest BCUT2D eigenvalue weighted by Gasteiger charge is 2.27. The van der Waals surface area contributed by atoms with Gasteiger partial charge in [0.25, 0.3) is 0 Å². The molecule has 0 saturated carbocycles. The summed E-state index contributed by atoms with van der Waals surface area (Å²) in [6.07, 6.45) is 1.40. The van der Waals surface area contributed by atoms with Crippen LogP contribution in [0.2, 0.25) is 0 Å². The van der Waals surface area contributed by atoms with E-state index in [0.29, 0.717) is 0 Å². The zero-order chi connectivity index (χ0) is 13.5. The predicted octanol–water partition coefficient (Wildman–Crippen LogP) is -0.957. The number of imidazole rings is 1. The Morgan fingerprint density at radius 3 is 2.78 bits per heavy atom. The van der Waals surface area contributed by atoms with E-state index >= 15 is 0 Å². The first kappa shape index (κ1) is 13.3. The first-order valence-electron chi connectivity index (χ1n) is 4.72. The molecule has 0 radical (unpaired) electrons. The molecule has 0 spiro atoms. The summed E-state index contributed by atoms with van der Waals surface area (Å²) in [5, 5.41) is -0.00911. The molecule has 0 aromatic carbocycles. The van der Waals surface area contributed by atoms with Crippen LogP contribution in [0.4, 0.5) is 0 Å². The summed E-state index contributed by atoms with van der Waals surface area (Å²) >= 11 is 11.1. The van der Waals surface area contributed by atoms with Crippen LogP contribution < -0.4 is 16.5 Å². The third kappa shape index (κ3) is 2.12. The molecule has 10 heteroatoms. The van der Waals surface area contributed by atoms with Crippen LogP contribution >= 0.6 is 23.2 Å². The van der Waals surface area contributed by atoms with Gasteiger partial charge in [0.2, 0.25) is 0 Å². The van der Waals surface area contributed by atoms with Crippen molar-refractivity contribution in [2.75, 3.05) is 6.54 Å². The van der Waals surface area contributed by atoms with Gasteiger partial charge in [-0.3, -0.25) is 4.57 Å². The van der Waals surface area contributed by atoms with E-state index in [9.17, 15) is 13.2 Å². The van der Waals surface area contributed by atoms with Gasteiger partial charge in [0.1, 0.15) is 9.84 Å². The number of fused-ring (bicyclic) bond motifs is 1. The molecule has 0 bridgehead atoms. The number of rotatable bonds is 2. The molecule has 0 unspecified atom stereocenters. The van der Waals surface area contributed by atoms with Crippen molar-refractivity contribution in [3.8, 4) is 0 Å². The van der Waals surface area contributed by atoms with Crippen LogP contribution in [0.15, 0.2) is 21.8 Å². The van der Waals surface area contributed by atoms with E-state index < -0.39 is 15.9 Å². The fraction of sp³-hybridized carbons (Fsp3) is 0.250. The Morgan fingerprint density at radius 1 is 1.56 bits per heavy atom. The summed E-state index contributed by atoms with van der Waals surface area (Å²) in [5.41, 5.74) is -0.633. The van der Waals surface area contributed by atoms with Gasteiger partial charge in [0.05, 0.1) is 6.67 Å². The molecule has 1 aliphatic rings. The second-order valence-corrected chi connectivity index (χ2v) is 5.99. The molecule has 1 aliphatic heterocycles. The highest BCUT2D eigenvalue weighted by molar-refractivity contribution is 7.87. The lowest BCUT2D eigenvalue weighted by Crippen LogP contribution is -2.47. The molecule has 2 rings (SSSR count). The Kier molecular flexibility index (Phi) is 3.37. The molecule has 0 fully saturated rings. The molecule has 1 aromatic rings. The maximum absolute atomic E-state index is 11.8. The van der Waals surface area contributed by atoms with E-state index in [1.807, 2.05) is 0 Å². The molecule has 2 heterocycles. The number of halogens is 2. The molecule has 0 aliphatic carbocycles.